The molecule has 0 unspecified atom stereocenters. The van der Waals surface area contributed by atoms with Crippen molar-refractivity contribution in [3.63, 3.8) is 0 Å². The Morgan fingerprint density at radius 2 is 1.62 bits per heavy atom. The predicted octanol–water partition coefficient (Wildman–Crippen LogP) is 5.39. The molecule has 2 rings (SSSR count). The quantitative estimate of drug-likeness (QED) is 0.415. The van der Waals surface area contributed by atoms with Gasteiger partial charge in [-0.15, -0.1) is 0 Å². The second-order valence-corrected chi connectivity index (χ2v) is 13.1. The number of nitrogens with zero attached hydrogens (tertiary/aromatic N) is 2. The first-order chi connectivity index (χ1) is 17.0. The summed E-state index contributed by atoms with van der Waals surface area (Å²) in [7, 11) is -3.81. The summed E-state index contributed by atoms with van der Waals surface area (Å²) in [6.07, 6.45) is 1.78. The van der Waals surface area contributed by atoms with Crippen LogP contribution in [0.25, 0.3) is 0 Å². The molecular formula is C27H37Cl2N3O4S. The van der Waals surface area contributed by atoms with Crippen LogP contribution in [0.3, 0.4) is 0 Å². The summed E-state index contributed by atoms with van der Waals surface area (Å²) in [5.41, 5.74) is 1.87. The molecule has 204 valence electrons. The van der Waals surface area contributed by atoms with E-state index in [1.54, 1.807) is 37.3 Å². The molecule has 2 atom stereocenters. The van der Waals surface area contributed by atoms with Gasteiger partial charge in [-0.2, -0.15) is 0 Å². The van der Waals surface area contributed by atoms with Crippen LogP contribution in [-0.2, 0) is 31.6 Å². The summed E-state index contributed by atoms with van der Waals surface area (Å²) in [5, 5.41) is 3.68. The topological polar surface area (TPSA) is 86.8 Å². The summed E-state index contributed by atoms with van der Waals surface area (Å²) >= 11 is 12.4. The zero-order valence-electron chi connectivity index (χ0n) is 22.5. The Bertz CT molecular complexity index is 1210. The lowest BCUT2D eigenvalue weighted by Gasteiger charge is -2.32. The van der Waals surface area contributed by atoms with Crippen molar-refractivity contribution in [3.05, 3.63) is 63.6 Å². The molecule has 0 aliphatic heterocycles. The maximum atomic E-state index is 13.7. The molecule has 37 heavy (non-hydrogen) atoms. The van der Waals surface area contributed by atoms with Crippen LogP contribution in [0, 0.1) is 0 Å². The van der Waals surface area contributed by atoms with E-state index in [4.69, 9.17) is 23.2 Å². The average molecular weight is 571 g/mol. The van der Waals surface area contributed by atoms with E-state index in [9.17, 15) is 18.0 Å². The molecule has 0 aliphatic rings. The lowest BCUT2D eigenvalue weighted by atomic mass is 9.87. The maximum Gasteiger partial charge on any atom is 0.244 e. The molecule has 10 heteroatoms. The van der Waals surface area contributed by atoms with E-state index in [0.717, 1.165) is 22.5 Å². The molecular weight excluding hydrogens is 533 g/mol. The minimum atomic E-state index is -3.81. The molecule has 0 heterocycles. The number of sulfonamides is 1. The van der Waals surface area contributed by atoms with Crippen molar-refractivity contribution in [3.8, 4) is 0 Å². The van der Waals surface area contributed by atoms with E-state index in [2.05, 4.69) is 26.1 Å². The van der Waals surface area contributed by atoms with Crippen molar-refractivity contribution in [2.24, 2.45) is 0 Å². The van der Waals surface area contributed by atoms with Gasteiger partial charge >= 0.3 is 0 Å². The predicted molar refractivity (Wildman–Crippen MR) is 152 cm³/mol. The lowest BCUT2D eigenvalue weighted by molar-refractivity contribution is -0.139. The number of amides is 2. The highest BCUT2D eigenvalue weighted by Gasteiger charge is 2.31. The molecule has 2 aromatic rings. The first-order valence-electron chi connectivity index (χ1n) is 12.2. The van der Waals surface area contributed by atoms with Gasteiger partial charge in [-0.05, 0) is 61.1 Å². The van der Waals surface area contributed by atoms with Crippen LogP contribution in [0.2, 0.25) is 10.0 Å². The van der Waals surface area contributed by atoms with Crippen molar-refractivity contribution in [1.29, 1.82) is 0 Å². The molecule has 0 saturated carbocycles. The number of carbonyl (C=O) groups excluding carboxylic acids is 2. The summed E-state index contributed by atoms with van der Waals surface area (Å²) in [6.45, 7) is 11.1. The molecule has 0 bridgehead atoms. The fourth-order valence-electron chi connectivity index (χ4n) is 3.62. The Morgan fingerprint density at radius 3 is 2.11 bits per heavy atom. The Hall–Kier alpha value is -2.29. The maximum absolute atomic E-state index is 13.7. The highest BCUT2D eigenvalue weighted by atomic mass is 35.5. The Balaban J connectivity index is 2.43. The molecule has 2 aromatic carbocycles. The number of hydrogen-bond acceptors (Lipinski definition) is 4. The van der Waals surface area contributed by atoms with Crippen molar-refractivity contribution in [1.82, 2.24) is 10.2 Å². The SMILES string of the molecule is CC[C@H](C)NC(=O)[C@@H](C)N(Cc1ccc(Cl)cc1Cl)C(=O)CN(c1ccc(C(C)(C)C)cc1)S(C)(=O)=O. The third-order valence-electron chi connectivity index (χ3n) is 6.22. The number of halogens is 2. The van der Waals surface area contributed by atoms with Crippen LogP contribution in [0.5, 0.6) is 0 Å². The molecule has 2 amide bonds. The van der Waals surface area contributed by atoms with Gasteiger partial charge in [0, 0.05) is 22.6 Å². The molecule has 0 aliphatic carbocycles. The Morgan fingerprint density at radius 1 is 1.03 bits per heavy atom. The number of carbonyl (C=O) groups is 2. The van der Waals surface area contributed by atoms with Gasteiger partial charge in [0.15, 0.2) is 0 Å². The van der Waals surface area contributed by atoms with Gasteiger partial charge in [0.1, 0.15) is 12.6 Å². The second kappa shape index (κ2) is 12.5. The first-order valence-corrected chi connectivity index (χ1v) is 14.8. The fraction of sp³-hybridized carbons (Fsp3) is 0.481. The number of benzene rings is 2. The zero-order chi connectivity index (χ0) is 28.1. The van der Waals surface area contributed by atoms with Crippen molar-refractivity contribution in [2.45, 2.75) is 72.0 Å². The summed E-state index contributed by atoms with van der Waals surface area (Å²) in [4.78, 5) is 28.0. The zero-order valence-corrected chi connectivity index (χ0v) is 24.8. The van der Waals surface area contributed by atoms with E-state index >= 15 is 0 Å². The third kappa shape index (κ3) is 8.62. The molecule has 7 nitrogen and oxygen atoms in total. The molecule has 0 saturated heterocycles. The van der Waals surface area contributed by atoms with Gasteiger partial charge < -0.3 is 10.2 Å². The van der Waals surface area contributed by atoms with Crippen LogP contribution >= 0.6 is 23.2 Å². The van der Waals surface area contributed by atoms with Gasteiger partial charge in [0.05, 0.1) is 11.9 Å². The van der Waals surface area contributed by atoms with Crippen LogP contribution < -0.4 is 9.62 Å². The number of anilines is 1. The van der Waals surface area contributed by atoms with Crippen LogP contribution in [-0.4, -0.2) is 50.0 Å². The van der Waals surface area contributed by atoms with E-state index < -0.39 is 28.5 Å². The highest BCUT2D eigenvalue weighted by Crippen LogP contribution is 2.27. The van der Waals surface area contributed by atoms with Crippen molar-refractivity contribution < 1.29 is 18.0 Å². The summed E-state index contributed by atoms with van der Waals surface area (Å²) < 4.78 is 26.6. The average Bonchev–Trinajstić information content (AvgIpc) is 2.80. The normalized spacial score (nSPS) is 13.5. The minimum Gasteiger partial charge on any atom is -0.352 e. The molecule has 1 N–H and O–H groups in total. The lowest BCUT2D eigenvalue weighted by Crippen LogP contribution is -2.52. The second-order valence-electron chi connectivity index (χ2n) is 10.3. The largest absolute Gasteiger partial charge is 0.352 e. The van der Waals surface area contributed by atoms with E-state index in [-0.39, 0.29) is 23.9 Å². The van der Waals surface area contributed by atoms with Gasteiger partial charge in [-0.25, -0.2) is 8.42 Å². The smallest absolute Gasteiger partial charge is 0.244 e. The molecule has 0 spiro atoms. The van der Waals surface area contributed by atoms with Gasteiger partial charge in [-0.1, -0.05) is 69.1 Å². The molecule has 0 radical (unpaired) electrons. The summed E-state index contributed by atoms with van der Waals surface area (Å²) in [5.74, 6) is -0.878. The van der Waals surface area contributed by atoms with E-state index in [1.807, 2.05) is 26.0 Å². The van der Waals surface area contributed by atoms with Crippen LogP contribution in [0.15, 0.2) is 42.5 Å². The van der Waals surface area contributed by atoms with Gasteiger partial charge in [0.2, 0.25) is 21.8 Å². The summed E-state index contributed by atoms with van der Waals surface area (Å²) in [6, 6.07) is 11.0. The van der Waals surface area contributed by atoms with Crippen molar-refractivity contribution in [2.75, 3.05) is 17.1 Å². The molecule has 0 fully saturated rings. The number of nitrogens with one attached hydrogen (secondary N) is 1. The van der Waals surface area contributed by atoms with Gasteiger partial charge in [0.25, 0.3) is 0 Å². The van der Waals surface area contributed by atoms with Crippen LogP contribution in [0.4, 0.5) is 5.69 Å². The number of hydrogen-bond donors (Lipinski definition) is 1. The fourth-order valence-corrected chi connectivity index (χ4v) is 4.94. The standard InChI is InChI=1S/C27H37Cl2N3O4S/c1-8-18(2)30-26(34)19(3)31(16-20-9-12-22(28)15-24(20)29)25(33)17-32(37(7,35)36)23-13-10-21(11-14-23)27(4,5)6/h9-15,18-19H,8,16-17H2,1-7H3,(H,30,34)/t18-,19+/m0/s1. The first kappa shape index (κ1) is 30.9. The number of rotatable bonds is 10. The van der Waals surface area contributed by atoms with Gasteiger partial charge in [-0.3, -0.25) is 13.9 Å². The monoisotopic (exact) mass is 569 g/mol. The van der Waals surface area contributed by atoms with Crippen molar-refractivity contribution >= 4 is 50.7 Å². The minimum absolute atomic E-state index is 0.00446. The third-order valence-corrected chi connectivity index (χ3v) is 7.95. The Kier molecular flexibility index (Phi) is 10.5. The van der Waals surface area contributed by atoms with Crippen LogP contribution in [0.1, 0.15) is 59.1 Å². The van der Waals surface area contributed by atoms with E-state index in [0.29, 0.717) is 21.3 Å². The van der Waals surface area contributed by atoms with E-state index in [1.165, 1.54) is 4.90 Å². The molecule has 0 aromatic heterocycles. The highest BCUT2D eigenvalue weighted by molar-refractivity contribution is 7.92. The Labute approximate surface area is 231 Å².